The molecule has 0 aromatic carbocycles. The summed E-state index contributed by atoms with van der Waals surface area (Å²) in [5.41, 5.74) is 1.51. The predicted molar refractivity (Wildman–Crippen MR) is 85.2 cm³/mol. The van der Waals surface area contributed by atoms with E-state index in [1.165, 1.54) is 23.0 Å². The number of carbonyl (C=O) groups excluding carboxylic acids is 1. The van der Waals surface area contributed by atoms with E-state index in [0.717, 1.165) is 25.9 Å². The molecule has 22 heavy (non-hydrogen) atoms. The van der Waals surface area contributed by atoms with Crippen LogP contribution in [0.4, 0.5) is 0 Å². The normalized spacial score (nSPS) is 24.4. The summed E-state index contributed by atoms with van der Waals surface area (Å²) < 4.78 is 1.72. The summed E-state index contributed by atoms with van der Waals surface area (Å²) in [7, 11) is 0. The molecule has 6 heteroatoms. The Morgan fingerprint density at radius 2 is 2.18 bits per heavy atom. The number of nitrogens with zero attached hydrogens (tertiary/aromatic N) is 3. The number of fused-ring (bicyclic) bond motifs is 2. The van der Waals surface area contributed by atoms with Crippen LogP contribution in [0.2, 0.25) is 0 Å². The van der Waals surface area contributed by atoms with E-state index in [1.807, 2.05) is 10.3 Å². The van der Waals surface area contributed by atoms with E-state index in [-0.39, 0.29) is 11.5 Å². The van der Waals surface area contributed by atoms with Crippen LogP contribution in [0, 0.1) is 11.8 Å². The summed E-state index contributed by atoms with van der Waals surface area (Å²) in [4.78, 5) is 31.0. The van der Waals surface area contributed by atoms with Crippen molar-refractivity contribution in [2.24, 2.45) is 11.8 Å². The first-order valence-electron chi connectivity index (χ1n) is 7.53. The highest BCUT2D eigenvalue weighted by atomic mass is 32.1. The monoisotopic (exact) mass is 315 g/mol. The molecule has 1 amide bonds. The lowest BCUT2D eigenvalue weighted by Gasteiger charge is -2.21. The molecule has 2 aromatic heterocycles. The summed E-state index contributed by atoms with van der Waals surface area (Å²) in [6.07, 6.45) is 6.24. The number of amides is 1. The quantitative estimate of drug-likeness (QED) is 0.758. The van der Waals surface area contributed by atoms with Crippen LogP contribution in [0.1, 0.15) is 30.3 Å². The maximum absolute atomic E-state index is 12.9. The highest BCUT2D eigenvalue weighted by Crippen LogP contribution is 2.36. The SMILES string of the molecule is CC1=CC[C@@H]2CN(C(=O)c3cc(=O)nc4sccn34)C[C@@H]2C1. The Morgan fingerprint density at radius 3 is 3.05 bits per heavy atom. The first kappa shape index (κ1) is 13.7. The Hall–Kier alpha value is -1.95. The second kappa shape index (κ2) is 5.05. The average molecular weight is 315 g/mol. The number of thiazole rings is 1. The average Bonchev–Trinajstić information content (AvgIpc) is 3.11. The van der Waals surface area contributed by atoms with Crippen LogP contribution in [-0.2, 0) is 0 Å². The standard InChI is InChI=1S/C16H17N3O2S/c1-10-2-3-11-8-18(9-12(11)6-10)15(21)13-7-14(20)17-16-19(13)4-5-22-16/h2,4-5,7,11-12H,3,6,8-9H2,1H3/t11-,12+/m1/s1. The highest BCUT2D eigenvalue weighted by molar-refractivity contribution is 7.15. The molecule has 1 aliphatic carbocycles. The molecule has 4 rings (SSSR count). The minimum atomic E-state index is -0.347. The largest absolute Gasteiger partial charge is 0.337 e. The fourth-order valence-electron chi connectivity index (χ4n) is 3.63. The Bertz CT molecular complexity index is 835. The zero-order valence-electron chi connectivity index (χ0n) is 12.4. The van der Waals surface area contributed by atoms with Crippen molar-refractivity contribution >= 4 is 22.2 Å². The van der Waals surface area contributed by atoms with Crippen LogP contribution in [0.25, 0.3) is 4.96 Å². The lowest BCUT2D eigenvalue weighted by Crippen LogP contribution is -2.31. The smallest absolute Gasteiger partial charge is 0.274 e. The van der Waals surface area contributed by atoms with Gasteiger partial charge in [0.05, 0.1) is 0 Å². The molecule has 1 saturated heterocycles. The first-order valence-corrected chi connectivity index (χ1v) is 8.41. The molecule has 2 atom stereocenters. The molecule has 2 aliphatic rings. The Labute approximate surface area is 131 Å². The number of hydrogen-bond acceptors (Lipinski definition) is 4. The third-order valence-corrected chi connectivity index (χ3v) is 5.51. The molecule has 0 saturated carbocycles. The molecule has 0 bridgehead atoms. The van der Waals surface area contributed by atoms with Crippen molar-refractivity contribution in [1.82, 2.24) is 14.3 Å². The van der Waals surface area contributed by atoms with Crippen molar-refractivity contribution in [3.8, 4) is 0 Å². The second-order valence-electron chi connectivity index (χ2n) is 6.26. The van der Waals surface area contributed by atoms with E-state index < -0.39 is 0 Å². The number of likely N-dealkylation sites (tertiary alicyclic amines) is 1. The van der Waals surface area contributed by atoms with Gasteiger partial charge in [0.25, 0.3) is 11.5 Å². The molecule has 0 unspecified atom stereocenters. The zero-order valence-corrected chi connectivity index (χ0v) is 13.2. The van der Waals surface area contributed by atoms with Gasteiger partial charge in [-0.25, -0.2) is 0 Å². The van der Waals surface area contributed by atoms with Crippen LogP contribution in [0.15, 0.2) is 34.1 Å². The minimum absolute atomic E-state index is 0.0556. The fourth-order valence-corrected chi connectivity index (χ4v) is 4.35. The van der Waals surface area contributed by atoms with E-state index >= 15 is 0 Å². The van der Waals surface area contributed by atoms with Gasteiger partial charge in [-0.15, -0.1) is 11.3 Å². The predicted octanol–water partition coefficient (Wildman–Crippen LogP) is 2.18. The molecular formula is C16H17N3O2S. The second-order valence-corrected chi connectivity index (χ2v) is 7.13. The topological polar surface area (TPSA) is 54.7 Å². The van der Waals surface area contributed by atoms with Gasteiger partial charge in [-0.3, -0.25) is 14.0 Å². The van der Waals surface area contributed by atoms with Crippen LogP contribution in [0.3, 0.4) is 0 Å². The summed E-state index contributed by atoms with van der Waals surface area (Å²) in [6, 6.07) is 1.35. The molecule has 3 heterocycles. The minimum Gasteiger partial charge on any atom is -0.337 e. The number of aromatic nitrogens is 2. The Balaban J connectivity index is 1.65. The number of rotatable bonds is 1. The maximum atomic E-state index is 12.9. The molecular weight excluding hydrogens is 298 g/mol. The summed E-state index contributed by atoms with van der Waals surface area (Å²) in [6.45, 7) is 3.74. The third-order valence-electron chi connectivity index (χ3n) is 4.75. The summed E-state index contributed by atoms with van der Waals surface area (Å²) >= 11 is 1.37. The number of allylic oxidation sites excluding steroid dienone is 2. The van der Waals surface area contributed by atoms with E-state index in [2.05, 4.69) is 18.0 Å². The van der Waals surface area contributed by atoms with Gasteiger partial charge >= 0.3 is 0 Å². The number of hydrogen-bond donors (Lipinski definition) is 0. The van der Waals surface area contributed by atoms with Gasteiger partial charge in [0.1, 0.15) is 5.69 Å². The Morgan fingerprint density at radius 1 is 1.36 bits per heavy atom. The van der Waals surface area contributed by atoms with Crippen molar-refractivity contribution in [3.63, 3.8) is 0 Å². The highest BCUT2D eigenvalue weighted by Gasteiger charge is 2.37. The molecule has 114 valence electrons. The zero-order chi connectivity index (χ0) is 15.3. The van der Waals surface area contributed by atoms with Crippen LogP contribution in [-0.4, -0.2) is 33.3 Å². The molecule has 0 radical (unpaired) electrons. The Kier molecular flexibility index (Phi) is 3.14. The van der Waals surface area contributed by atoms with Gasteiger partial charge in [-0.2, -0.15) is 4.98 Å². The van der Waals surface area contributed by atoms with Gasteiger partial charge in [-0.05, 0) is 31.6 Å². The molecule has 2 aromatic rings. The lowest BCUT2D eigenvalue weighted by atomic mass is 9.83. The maximum Gasteiger partial charge on any atom is 0.274 e. The van der Waals surface area contributed by atoms with Gasteiger partial charge in [0.15, 0.2) is 4.96 Å². The first-order chi connectivity index (χ1) is 10.6. The lowest BCUT2D eigenvalue weighted by molar-refractivity contribution is 0.0776. The van der Waals surface area contributed by atoms with Crippen molar-refractivity contribution in [2.45, 2.75) is 19.8 Å². The van der Waals surface area contributed by atoms with Gasteiger partial charge in [0.2, 0.25) is 0 Å². The molecule has 1 fully saturated rings. The third kappa shape index (κ3) is 2.18. The van der Waals surface area contributed by atoms with E-state index in [1.54, 1.807) is 10.6 Å². The summed E-state index contributed by atoms with van der Waals surface area (Å²) in [5.74, 6) is 1.06. The van der Waals surface area contributed by atoms with E-state index in [4.69, 9.17) is 0 Å². The number of carbonyl (C=O) groups is 1. The van der Waals surface area contributed by atoms with Gasteiger partial charge in [-0.1, -0.05) is 11.6 Å². The van der Waals surface area contributed by atoms with Crippen LogP contribution >= 0.6 is 11.3 Å². The van der Waals surface area contributed by atoms with Crippen molar-refractivity contribution < 1.29 is 4.79 Å². The van der Waals surface area contributed by atoms with Crippen molar-refractivity contribution in [2.75, 3.05) is 13.1 Å². The fraction of sp³-hybridized carbons (Fsp3) is 0.438. The molecule has 0 spiro atoms. The summed E-state index contributed by atoms with van der Waals surface area (Å²) in [5, 5.41) is 1.84. The molecule has 5 nitrogen and oxygen atoms in total. The molecule has 1 aliphatic heterocycles. The van der Waals surface area contributed by atoms with Gasteiger partial charge < -0.3 is 4.90 Å². The van der Waals surface area contributed by atoms with Gasteiger partial charge in [0, 0.05) is 30.7 Å². The van der Waals surface area contributed by atoms with Crippen molar-refractivity contribution in [3.05, 3.63) is 45.3 Å². The van der Waals surface area contributed by atoms with Crippen LogP contribution < -0.4 is 5.56 Å². The van der Waals surface area contributed by atoms with Crippen molar-refractivity contribution in [1.29, 1.82) is 0 Å². The van der Waals surface area contributed by atoms with Crippen LogP contribution in [0.5, 0.6) is 0 Å². The molecule has 0 N–H and O–H groups in total. The van der Waals surface area contributed by atoms with E-state index in [0.29, 0.717) is 22.5 Å². The van der Waals surface area contributed by atoms with E-state index in [9.17, 15) is 9.59 Å².